The van der Waals surface area contributed by atoms with Gasteiger partial charge in [0.15, 0.2) is 0 Å². The van der Waals surface area contributed by atoms with Crippen LogP contribution in [0.25, 0.3) is 5.69 Å². The standard InChI is InChI=1S/C34H39N3O2/c1-2-3-15-35(33(39)34-20-24-17-25(21-34)19-26(18-24)22-34)23-31(38)37-29-13-8-7-12-28(29)36-16-9-14-30(36)32(37)27-10-5-4-6-11-27/h4-14,16,24-26,32H,2-3,15,17-23H2,1H3/t24?,25?,26?,32-,34?/m1/s1. The number of aromatic nitrogens is 1. The van der Waals surface area contributed by atoms with Crippen LogP contribution < -0.4 is 4.90 Å². The highest BCUT2D eigenvalue weighted by Crippen LogP contribution is 2.60. The molecule has 4 saturated carbocycles. The van der Waals surface area contributed by atoms with Gasteiger partial charge in [0.2, 0.25) is 11.8 Å². The smallest absolute Gasteiger partial charge is 0.247 e. The van der Waals surface area contributed by atoms with E-state index >= 15 is 0 Å². The molecule has 0 unspecified atom stereocenters. The lowest BCUT2D eigenvalue weighted by atomic mass is 9.49. The molecule has 0 spiro atoms. The molecule has 5 heteroatoms. The van der Waals surface area contributed by atoms with Crippen molar-refractivity contribution in [2.75, 3.05) is 18.0 Å². The van der Waals surface area contributed by atoms with E-state index in [1.807, 2.05) is 46.2 Å². The lowest BCUT2D eigenvalue weighted by Gasteiger charge is -2.56. The van der Waals surface area contributed by atoms with Crippen LogP contribution in [0, 0.1) is 23.2 Å². The van der Waals surface area contributed by atoms with Crippen LogP contribution in [0.15, 0.2) is 72.9 Å². The number of hydrogen-bond donors (Lipinski definition) is 0. The minimum atomic E-state index is -0.244. The second kappa shape index (κ2) is 9.69. The Bertz CT molecular complexity index is 1340. The summed E-state index contributed by atoms with van der Waals surface area (Å²) in [6, 6.07) is 22.4. The van der Waals surface area contributed by atoms with Gasteiger partial charge in [-0.2, -0.15) is 0 Å². The molecule has 5 aliphatic rings. The van der Waals surface area contributed by atoms with E-state index in [0.29, 0.717) is 24.3 Å². The number of rotatable bonds is 7. The molecular weight excluding hydrogens is 482 g/mol. The summed E-state index contributed by atoms with van der Waals surface area (Å²) in [4.78, 5) is 32.8. The van der Waals surface area contributed by atoms with Gasteiger partial charge in [0.1, 0.15) is 12.6 Å². The second-order valence-electron chi connectivity index (χ2n) is 12.6. The van der Waals surface area contributed by atoms with E-state index in [4.69, 9.17) is 0 Å². The fourth-order valence-electron chi connectivity index (χ4n) is 8.76. The van der Waals surface area contributed by atoms with Crippen LogP contribution in [0.1, 0.15) is 75.6 Å². The first-order chi connectivity index (χ1) is 19.1. The van der Waals surface area contributed by atoms with Crippen LogP contribution in [0.5, 0.6) is 0 Å². The van der Waals surface area contributed by atoms with Crippen LogP contribution in [0.3, 0.4) is 0 Å². The Morgan fingerprint density at radius 2 is 1.49 bits per heavy atom. The molecule has 2 amide bonds. The van der Waals surface area contributed by atoms with E-state index in [2.05, 4.69) is 48.0 Å². The molecule has 8 rings (SSSR count). The predicted molar refractivity (Wildman–Crippen MR) is 154 cm³/mol. The Kier molecular flexibility index (Phi) is 6.13. The van der Waals surface area contributed by atoms with Gasteiger partial charge in [0.05, 0.1) is 22.5 Å². The summed E-state index contributed by atoms with van der Waals surface area (Å²) < 4.78 is 2.20. The molecule has 0 saturated heterocycles. The average Bonchev–Trinajstić information content (AvgIpc) is 3.44. The normalized spacial score (nSPS) is 28.2. The molecule has 0 N–H and O–H groups in total. The molecule has 4 aliphatic carbocycles. The third-order valence-corrected chi connectivity index (χ3v) is 9.99. The molecule has 3 aromatic rings. The average molecular weight is 522 g/mol. The molecule has 1 aliphatic heterocycles. The molecule has 4 fully saturated rings. The molecule has 5 nitrogen and oxygen atoms in total. The second-order valence-corrected chi connectivity index (χ2v) is 12.6. The lowest BCUT2D eigenvalue weighted by Crippen LogP contribution is -2.56. The first kappa shape index (κ1) is 24.7. The fraction of sp³-hybridized carbons (Fsp3) is 0.471. The first-order valence-electron chi connectivity index (χ1n) is 15.0. The molecule has 202 valence electrons. The number of carbonyl (C=O) groups excluding carboxylic acids is 2. The number of hydrogen-bond acceptors (Lipinski definition) is 2. The highest BCUT2D eigenvalue weighted by atomic mass is 16.2. The van der Waals surface area contributed by atoms with Crippen molar-refractivity contribution in [3.63, 3.8) is 0 Å². The number of nitrogens with zero attached hydrogens (tertiary/aromatic N) is 3. The third-order valence-electron chi connectivity index (χ3n) is 9.99. The van der Waals surface area contributed by atoms with Crippen molar-refractivity contribution in [3.05, 3.63) is 84.2 Å². The number of para-hydroxylation sites is 2. The lowest BCUT2D eigenvalue weighted by molar-refractivity contribution is -0.159. The number of unbranched alkanes of at least 4 members (excludes halogenated alkanes) is 1. The zero-order valence-electron chi connectivity index (χ0n) is 23.0. The third kappa shape index (κ3) is 4.13. The molecule has 2 aromatic carbocycles. The van der Waals surface area contributed by atoms with Crippen molar-refractivity contribution in [3.8, 4) is 5.69 Å². The Labute approximate surface area is 231 Å². The monoisotopic (exact) mass is 521 g/mol. The maximum absolute atomic E-state index is 14.5. The Hall–Kier alpha value is -3.34. The van der Waals surface area contributed by atoms with Gasteiger partial charge in [-0.3, -0.25) is 14.5 Å². The minimum absolute atomic E-state index is 0.00191. The van der Waals surface area contributed by atoms with Crippen LogP contribution in [0.2, 0.25) is 0 Å². The van der Waals surface area contributed by atoms with E-state index in [9.17, 15) is 9.59 Å². The molecule has 0 radical (unpaired) electrons. The maximum Gasteiger partial charge on any atom is 0.247 e. The van der Waals surface area contributed by atoms with E-state index in [0.717, 1.165) is 54.7 Å². The van der Waals surface area contributed by atoms with Gasteiger partial charge < -0.3 is 9.47 Å². The van der Waals surface area contributed by atoms with Crippen LogP contribution in [0.4, 0.5) is 5.69 Å². The van der Waals surface area contributed by atoms with Crippen molar-refractivity contribution in [2.45, 2.75) is 64.3 Å². The van der Waals surface area contributed by atoms with E-state index in [1.165, 1.54) is 19.3 Å². The zero-order valence-corrected chi connectivity index (χ0v) is 23.0. The highest BCUT2D eigenvalue weighted by Gasteiger charge is 2.55. The zero-order chi connectivity index (χ0) is 26.6. The summed E-state index contributed by atoms with van der Waals surface area (Å²) >= 11 is 0. The maximum atomic E-state index is 14.5. The minimum Gasteiger partial charge on any atom is -0.333 e. The van der Waals surface area contributed by atoms with Crippen LogP contribution >= 0.6 is 0 Å². The van der Waals surface area contributed by atoms with Gasteiger partial charge in [-0.1, -0.05) is 55.8 Å². The van der Waals surface area contributed by atoms with E-state index < -0.39 is 0 Å². The fourth-order valence-corrected chi connectivity index (χ4v) is 8.76. The molecule has 4 bridgehead atoms. The van der Waals surface area contributed by atoms with Crippen LogP contribution in [-0.4, -0.2) is 34.4 Å². The van der Waals surface area contributed by atoms with Crippen molar-refractivity contribution < 1.29 is 9.59 Å². The summed E-state index contributed by atoms with van der Waals surface area (Å²) in [6.45, 7) is 2.96. The highest BCUT2D eigenvalue weighted by molar-refractivity contribution is 6.01. The Morgan fingerprint density at radius 3 is 2.15 bits per heavy atom. The summed E-state index contributed by atoms with van der Waals surface area (Å²) in [5.41, 5.74) is 3.81. The Balaban J connectivity index is 1.24. The molecule has 1 aromatic heterocycles. The van der Waals surface area contributed by atoms with E-state index in [-0.39, 0.29) is 29.8 Å². The number of amides is 2. The number of carbonyl (C=O) groups is 2. The summed E-state index contributed by atoms with van der Waals surface area (Å²) in [7, 11) is 0. The van der Waals surface area contributed by atoms with Gasteiger partial charge in [0, 0.05) is 12.7 Å². The Morgan fingerprint density at radius 1 is 0.846 bits per heavy atom. The largest absolute Gasteiger partial charge is 0.333 e. The quantitative estimate of drug-likeness (QED) is 0.345. The molecule has 39 heavy (non-hydrogen) atoms. The van der Waals surface area contributed by atoms with Crippen molar-refractivity contribution in [1.29, 1.82) is 0 Å². The van der Waals surface area contributed by atoms with Gasteiger partial charge in [-0.25, -0.2) is 0 Å². The predicted octanol–water partition coefficient (Wildman–Crippen LogP) is 6.76. The van der Waals surface area contributed by atoms with Crippen LogP contribution in [-0.2, 0) is 9.59 Å². The van der Waals surface area contributed by atoms with Gasteiger partial charge in [-0.15, -0.1) is 0 Å². The van der Waals surface area contributed by atoms with E-state index in [1.54, 1.807) is 0 Å². The van der Waals surface area contributed by atoms with Gasteiger partial charge in [-0.05, 0) is 92.5 Å². The van der Waals surface area contributed by atoms with Gasteiger partial charge >= 0.3 is 0 Å². The van der Waals surface area contributed by atoms with Crippen molar-refractivity contribution >= 4 is 17.5 Å². The summed E-state index contributed by atoms with van der Waals surface area (Å²) in [5, 5.41) is 0. The van der Waals surface area contributed by atoms with Crippen molar-refractivity contribution in [1.82, 2.24) is 9.47 Å². The van der Waals surface area contributed by atoms with Crippen molar-refractivity contribution in [2.24, 2.45) is 23.2 Å². The summed E-state index contributed by atoms with van der Waals surface area (Å²) in [5.74, 6) is 2.36. The number of fused-ring (bicyclic) bond motifs is 3. The topological polar surface area (TPSA) is 45.6 Å². The SMILES string of the molecule is CCCCN(CC(=O)N1c2ccccc2-n2cccc2[C@H]1c1ccccc1)C(=O)C12CC3CC(CC(C3)C1)C2. The first-order valence-corrected chi connectivity index (χ1v) is 15.0. The molecule has 1 atom stereocenters. The number of benzene rings is 2. The summed E-state index contributed by atoms with van der Waals surface area (Å²) in [6.07, 6.45) is 11.0. The van der Waals surface area contributed by atoms with Gasteiger partial charge in [0.25, 0.3) is 0 Å². The molecular formula is C34H39N3O2. The number of anilines is 1. The molecule has 2 heterocycles.